The quantitative estimate of drug-likeness (QED) is 0.252. The van der Waals surface area contributed by atoms with E-state index < -0.39 is 0 Å². The largest absolute Gasteiger partial charge is 0.325 e. The number of hydrogen-bond acceptors (Lipinski definition) is 5. The lowest BCUT2D eigenvalue weighted by molar-refractivity contribution is -0.113. The molecule has 0 fully saturated rings. The van der Waals surface area contributed by atoms with Gasteiger partial charge < -0.3 is 5.32 Å². The average molecular weight is 458 g/mol. The highest BCUT2D eigenvalue weighted by atomic mass is 32.2. The Morgan fingerprint density at radius 1 is 1.00 bits per heavy atom. The molecule has 7 heteroatoms. The maximum absolute atomic E-state index is 13.4. The summed E-state index contributed by atoms with van der Waals surface area (Å²) in [6.07, 6.45) is 0. The van der Waals surface area contributed by atoms with Gasteiger partial charge in [0.1, 0.15) is 0 Å². The first-order valence-electron chi connectivity index (χ1n) is 10.5. The summed E-state index contributed by atoms with van der Waals surface area (Å²) < 4.78 is 1.57. The Bertz CT molecular complexity index is 1440. The molecule has 4 aromatic rings. The summed E-state index contributed by atoms with van der Waals surface area (Å²) in [5.41, 5.74) is 4.26. The van der Waals surface area contributed by atoms with Crippen LogP contribution in [-0.2, 0) is 4.79 Å². The van der Waals surface area contributed by atoms with Gasteiger partial charge in [-0.3, -0.25) is 19.0 Å². The second kappa shape index (κ2) is 9.42. The molecule has 0 aliphatic rings. The van der Waals surface area contributed by atoms with Crippen molar-refractivity contribution in [2.24, 2.45) is 0 Å². The van der Waals surface area contributed by atoms with E-state index in [9.17, 15) is 14.4 Å². The van der Waals surface area contributed by atoms with E-state index in [1.165, 1.54) is 18.7 Å². The molecular formula is C26H23N3O3S. The molecule has 0 bridgehead atoms. The van der Waals surface area contributed by atoms with E-state index >= 15 is 0 Å². The zero-order valence-corrected chi connectivity index (χ0v) is 19.4. The fourth-order valence-corrected chi connectivity index (χ4v) is 4.43. The third-order valence-electron chi connectivity index (χ3n) is 5.22. The van der Waals surface area contributed by atoms with E-state index in [4.69, 9.17) is 4.98 Å². The highest BCUT2D eigenvalue weighted by molar-refractivity contribution is 7.99. The Balaban J connectivity index is 1.67. The minimum absolute atomic E-state index is 0.0555. The van der Waals surface area contributed by atoms with Gasteiger partial charge in [-0.05, 0) is 56.7 Å². The van der Waals surface area contributed by atoms with Crippen LogP contribution in [0.5, 0.6) is 0 Å². The lowest BCUT2D eigenvalue weighted by Gasteiger charge is -2.15. The molecular weight excluding hydrogens is 434 g/mol. The van der Waals surface area contributed by atoms with Gasteiger partial charge in [-0.15, -0.1) is 0 Å². The highest BCUT2D eigenvalue weighted by Crippen LogP contribution is 2.24. The van der Waals surface area contributed by atoms with Crippen molar-refractivity contribution in [1.82, 2.24) is 9.55 Å². The second-order valence-electron chi connectivity index (χ2n) is 7.82. The molecule has 0 unspecified atom stereocenters. The van der Waals surface area contributed by atoms with Crippen LogP contribution >= 0.6 is 11.8 Å². The number of amides is 1. The highest BCUT2D eigenvalue weighted by Gasteiger charge is 2.16. The van der Waals surface area contributed by atoms with Crippen molar-refractivity contribution < 1.29 is 9.59 Å². The minimum atomic E-state index is -0.254. The summed E-state index contributed by atoms with van der Waals surface area (Å²) in [7, 11) is 0. The van der Waals surface area contributed by atoms with Crippen molar-refractivity contribution in [3.05, 3.63) is 93.8 Å². The van der Waals surface area contributed by atoms with Crippen molar-refractivity contribution >= 4 is 40.0 Å². The van der Waals surface area contributed by atoms with Crippen LogP contribution in [0.25, 0.3) is 16.6 Å². The predicted molar refractivity (Wildman–Crippen MR) is 133 cm³/mol. The molecule has 0 radical (unpaired) electrons. The van der Waals surface area contributed by atoms with Gasteiger partial charge in [0, 0.05) is 11.3 Å². The minimum Gasteiger partial charge on any atom is -0.325 e. The first-order valence-corrected chi connectivity index (χ1v) is 11.4. The van der Waals surface area contributed by atoms with Crippen LogP contribution in [0.4, 0.5) is 5.69 Å². The number of thioether (sulfide) groups is 1. The number of benzene rings is 3. The zero-order valence-electron chi connectivity index (χ0n) is 18.6. The Labute approximate surface area is 195 Å². The summed E-state index contributed by atoms with van der Waals surface area (Å²) in [6.45, 7) is 5.43. The lowest BCUT2D eigenvalue weighted by Crippen LogP contribution is -2.23. The molecule has 6 nitrogen and oxygen atoms in total. The molecule has 0 aliphatic carbocycles. The van der Waals surface area contributed by atoms with Crippen molar-refractivity contribution in [2.45, 2.75) is 25.9 Å². The molecule has 0 saturated heterocycles. The van der Waals surface area contributed by atoms with E-state index in [0.717, 1.165) is 16.8 Å². The number of rotatable bonds is 6. The summed E-state index contributed by atoms with van der Waals surface area (Å²) >= 11 is 1.19. The van der Waals surface area contributed by atoms with E-state index in [0.29, 0.717) is 27.3 Å². The molecule has 0 spiro atoms. The van der Waals surface area contributed by atoms with Gasteiger partial charge in [0.2, 0.25) is 5.91 Å². The van der Waals surface area contributed by atoms with Crippen molar-refractivity contribution in [2.75, 3.05) is 11.1 Å². The Morgan fingerprint density at radius 2 is 1.79 bits per heavy atom. The SMILES string of the molecule is CC(=O)c1cccc(NC(=O)CSc2nc3ccccc3c(=O)n2-c2ccc(C)cc2C)c1. The van der Waals surface area contributed by atoms with Gasteiger partial charge in [-0.25, -0.2) is 4.98 Å². The number of carbonyl (C=O) groups excluding carboxylic acids is 2. The molecule has 1 aromatic heterocycles. The topological polar surface area (TPSA) is 81.1 Å². The fourth-order valence-electron chi connectivity index (χ4n) is 3.62. The number of aryl methyl sites for hydroxylation is 2. The van der Waals surface area contributed by atoms with E-state index in [-0.39, 0.29) is 23.0 Å². The number of nitrogens with one attached hydrogen (secondary N) is 1. The van der Waals surface area contributed by atoms with Gasteiger partial charge >= 0.3 is 0 Å². The summed E-state index contributed by atoms with van der Waals surface area (Å²) in [4.78, 5) is 42.3. The second-order valence-corrected chi connectivity index (χ2v) is 8.76. The van der Waals surface area contributed by atoms with Crippen LogP contribution in [-0.4, -0.2) is 27.0 Å². The van der Waals surface area contributed by atoms with Crippen LogP contribution in [0.15, 0.2) is 76.7 Å². The number of Topliss-reactive ketones (excluding diaryl/α,β-unsaturated/α-hetero) is 1. The van der Waals surface area contributed by atoms with Gasteiger partial charge in [-0.2, -0.15) is 0 Å². The number of carbonyl (C=O) groups is 2. The van der Waals surface area contributed by atoms with Crippen LogP contribution in [0, 0.1) is 13.8 Å². The van der Waals surface area contributed by atoms with Gasteiger partial charge in [0.25, 0.3) is 5.56 Å². The number of para-hydroxylation sites is 1. The van der Waals surface area contributed by atoms with Crippen molar-refractivity contribution in [3.8, 4) is 5.69 Å². The Morgan fingerprint density at radius 3 is 2.55 bits per heavy atom. The summed E-state index contributed by atoms with van der Waals surface area (Å²) in [5, 5.41) is 3.77. The number of nitrogens with zero attached hydrogens (tertiary/aromatic N) is 2. The number of fused-ring (bicyclic) bond motifs is 1. The average Bonchev–Trinajstić information content (AvgIpc) is 2.79. The number of aromatic nitrogens is 2. The molecule has 3 aromatic carbocycles. The maximum Gasteiger partial charge on any atom is 0.266 e. The van der Waals surface area contributed by atoms with Crippen molar-refractivity contribution in [1.29, 1.82) is 0 Å². The molecule has 0 aliphatic heterocycles. The predicted octanol–water partition coefficient (Wildman–Crippen LogP) is 4.94. The molecule has 1 amide bonds. The van der Waals surface area contributed by atoms with Crippen molar-refractivity contribution in [3.63, 3.8) is 0 Å². The normalized spacial score (nSPS) is 10.9. The standard InChI is InChI=1S/C26H23N3O3S/c1-16-11-12-23(17(2)13-16)29-25(32)21-9-4-5-10-22(21)28-26(29)33-15-24(31)27-20-8-6-7-19(14-20)18(3)30/h4-14H,15H2,1-3H3,(H,27,31). The fraction of sp³-hybridized carbons (Fsp3) is 0.154. The summed E-state index contributed by atoms with van der Waals surface area (Å²) in [5.74, 6) is -0.270. The van der Waals surface area contributed by atoms with Crippen LogP contribution in [0.1, 0.15) is 28.4 Å². The molecule has 1 heterocycles. The lowest BCUT2D eigenvalue weighted by atomic mass is 10.1. The number of hydrogen-bond donors (Lipinski definition) is 1. The van der Waals surface area contributed by atoms with E-state index in [1.54, 1.807) is 41.0 Å². The first kappa shape index (κ1) is 22.5. The molecule has 166 valence electrons. The monoisotopic (exact) mass is 457 g/mol. The first-order chi connectivity index (χ1) is 15.8. The van der Waals surface area contributed by atoms with E-state index in [2.05, 4.69) is 5.32 Å². The van der Waals surface area contributed by atoms with Crippen LogP contribution in [0.3, 0.4) is 0 Å². The Kier molecular flexibility index (Phi) is 6.42. The Hall–Kier alpha value is -3.71. The molecule has 0 atom stereocenters. The number of anilines is 1. The molecule has 0 saturated carbocycles. The van der Waals surface area contributed by atoms with Crippen LogP contribution in [0.2, 0.25) is 0 Å². The zero-order chi connectivity index (χ0) is 23.5. The maximum atomic E-state index is 13.4. The van der Waals surface area contributed by atoms with Gasteiger partial charge in [0.05, 0.1) is 22.3 Å². The van der Waals surface area contributed by atoms with Crippen LogP contribution < -0.4 is 10.9 Å². The third kappa shape index (κ3) is 4.88. The molecule has 1 N–H and O–H groups in total. The summed E-state index contributed by atoms with van der Waals surface area (Å²) in [6, 6.07) is 19.9. The van der Waals surface area contributed by atoms with E-state index in [1.807, 2.05) is 44.2 Å². The smallest absolute Gasteiger partial charge is 0.266 e. The van der Waals surface area contributed by atoms with Gasteiger partial charge in [-0.1, -0.05) is 53.7 Å². The number of ketones is 1. The van der Waals surface area contributed by atoms with Gasteiger partial charge in [0.15, 0.2) is 10.9 Å². The third-order valence-corrected chi connectivity index (χ3v) is 6.16. The molecule has 33 heavy (non-hydrogen) atoms. The molecule has 4 rings (SSSR count).